The maximum Gasteiger partial charge on any atom is 0.0575 e. The Bertz CT molecular complexity index is 7260. The molecular weight excluding hydrogens is 893 g/mol. The average molecular weight is 911 g/mol. The summed E-state index contributed by atoms with van der Waals surface area (Å²) in [4.78, 5) is 0. The number of unbranched alkanes of at least 4 members (excludes halogenated alkanes) is 1. The molecule has 2 heteroatoms. The van der Waals surface area contributed by atoms with Gasteiger partial charge in [-0.25, -0.2) is 0 Å². The number of hydrogen-bond donors (Lipinski definition) is 2. The molecule has 29 aromatic rings. The Labute approximate surface area is 406 Å². The summed E-state index contributed by atoms with van der Waals surface area (Å²) in [7, 11) is 0. The molecule has 0 aromatic heterocycles. The Kier molecular flexibility index (Phi) is 2.63. The SMILES string of the molecule is NCCCCC1NC(c2ccccc2)C23c4c5c6c7c8c9c(c%10c%11c2c2c4c4c%12c5c5c6c6c8c8c%13c9c9c%10c%10c%11c%11c2c2c4c4c%12c%12c5c5c6c8c6c8c%13c9c9c%10c%10c%11c2c2c4c4c%12c5c6c5c8c9c%10c2c45)C713. The molecule has 5 aliphatic rings. The van der Waals surface area contributed by atoms with Crippen LogP contribution in [0, 0.1) is 0 Å². The predicted molar refractivity (Wildman–Crippen MR) is 313 cm³/mol. The van der Waals surface area contributed by atoms with Gasteiger partial charge < -0.3 is 11.1 Å². The van der Waals surface area contributed by atoms with Gasteiger partial charge in [-0.1, -0.05) is 36.8 Å². The zero-order valence-electron chi connectivity index (χ0n) is 38.4. The Morgan fingerprint density at radius 2 is 0.486 bits per heavy atom. The van der Waals surface area contributed by atoms with E-state index in [2.05, 4.69) is 30.3 Å². The monoisotopic (exact) mass is 910 g/mol. The van der Waals surface area contributed by atoms with E-state index < -0.39 is 0 Å². The third-order valence-corrected chi connectivity index (χ3v) is 26.9. The van der Waals surface area contributed by atoms with Gasteiger partial charge in [-0.15, -0.1) is 0 Å². The molecule has 0 saturated carbocycles. The molecule has 0 amide bonds. The van der Waals surface area contributed by atoms with E-state index in [4.69, 9.17) is 11.1 Å². The van der Waals surface area contributed by atoms with Gasteiger partial charge in [0.15, 0.2) is 0 Å². The summed E-state index contributed by atoms with van der Waals surface area (Å²) in [5, 5.41) is 95.0. The lowest BCUT2D eigenvalue weighted by Crippen LogP contribution is -2.55. The van der Waals surface area contributed by atoms with Gasteiger partial charge in [0.2, 0.25) is 0 Å². The molecule has 1 fully saturated rings. The molecule has 74 heavy (non-hydrogen) atoms. The number of hydrogen-bond acceptors (Lipinski definition) is 2. The summed E-state index contributed by atoms with van der Waals surface area (Å²) >= 11 is 0. The maximum atomic E-state index is 6.58. The molecule has 1 heterocycles. The fourth-order valence-electron chi connectivity index (χ4n) is 26.7. The van der Waals surface area contributed by atoms with Crippen molar-refractivity contribution in [3.8, 4) is 0 Å². The van der Waals surface area contributed by atoms with Crippen molar-refractivity contribution in [1.29, 1.82) is 0 Å². The lowest BCUT2D eigenvalue weighted by molar-refractivity contribution is 0.320. The average Bonchev–Trinajstić information content (AvgIpc) is 3.97. The van der Waals surface area contributed by atoms with Gasteiger partial charge >= 0.3 is 0 Å². The van der Waals surface area contributed by atoms with Gasteiger partial charge in [0, 0.05) is 12.1 Å². The lowest BCUT2D eigenvalue weighted by Gasteiger charge is -2.53. The van der Waals surface area contributed by atoms with E-state index in [0.29, 0.717) is 0 Å². The second-order valence-corrected chi connectivity index (χ2v) is 27.2. The highest BCUT2D eigenvalue weighted by molar-refractivity contribution is 6.82. The molecule has 0 radical (unpaired) electrons. The molecule has 2 atom stereocenters. The Morgan fingerprint density at radius 3 is 0.716 bits per heavy atom. The topological polar surface area (TPSA) is 38.0 Å². The minimum absolute atomic E-state index is 0.0994. The van der Waals surface area contributed by atoms with Gasteiger partial charge in [-0.05, 0) is 338 Å². The third kappa shape index (κ3) is 1.58. The quantitative estimate of drug-likeness (QED) is 0.133. The Balaban J connectivity index is 1.13. The first-order valence-electron chi connectivity index (χ1n) is 28.2. The highest BCUT2D eigenvalue weighted by atomic mass is 15.1. The van der Waals surface area contributed by atoms with Crippen LogP contribution in [0.2, 0.25) is 0 Å². The second-order valence-electron chi connectivity index (χ2n) is 27.2. The minimum atomic E-state index is -0.354. The Morgan fingerprint density at radius 1 is 0.270 bits per heavy atom. The molecule has 3 N–H and O–H groups in total. The maximum absolute atomic E-state index is 6.58. The smallest absolute Gasteiger partial charge is 0.0575 e. The van der Waals surface area contributed by atoms with Crippen molar-refractivity contribution in [3.05, 3.63) is 58.1 Å². The van der Waals surface area contributed by atoms with Crippen LogP contribution in [-0.2, 0) is 10.8 Å². The lowest BCUT2D eigenvalue weighted by atomic mass is 9.45. The van der Waals surface area contributed by atoms with Gasteiger partial charge in [0.1, 0.15) is 0 Å². The summed E-state index contributed by atoms with van der Waals surface area (Å²) in [6.45, 7) is 0.748. The van der Waals surface area contributed by atoms with Crippen LogP contribution >= 0.6 is 0 Å². The molecule has 0 bridgehead atoms. The van der Waals surface area contributed by atoms with Crippen molar-refractivity contribution in [3.63, 3.8) is 0 Å². The molecule has 316 valence electrons. The molecule has 34 rings (SSSR count). The molecular formula is C72H18N2. The summed E-state index contributed by atoms with van der Waals surface area (Å²) < 4.78 is 0. The number of nitrogens with two attached hydrogens (primary N) is 1. The highest BCUT2D eigenvalue weighted by Gasteiger charge is 2.77. The predicted octanol–water partition coefficient (Wildman–Crippen LogP) is 18.1. The second kappa shape index (κ2) is 6.76. The first-order chi connectivity index (χ1) is 36.9. The number of rotatable bonds is 5. The van der Waals surface area contributed by atoms with E-state index in [0.717, 1.165) is 25.8 Å². The van der Waals surface area contributed by atoms with E-state index in [1.165, 1.54) is 5.56 Å². The largest absolute Gasteiger partial charge is 0.330 e. The Hall–Kier alpha value is -8.40. The van der Waals surface area contributed by atoms with Gasteiger partial charge in [-0.3, -0.25) is 0 Å². The van der Waals surface area contributed by atoms with Crippen LogP contribution in [0.4, 0.5) is 0 Å². The van der Waals surface area contributed by atoms with Crippen LogP contribution in [0.1, 0.15) is 53.1 Å². The molecule has 4 aliphatic carbocycles. The minimum Gasteiger partial charge on any atom is -0.330 e. The van der Waals surface area contributed by atoms with Crippen LogP contribution < -0.4 is 11.1 Å². The molecule has 2 unspecified atom stereocenters. The fourth-order valence-corrected chi connectivity index (χ4v) is 26.7. The van der Waals surface area contributed by atoms with Crippen molar-refractivity contribution in [2.45, 2.75) is 42.2 Å². The first-order valence-corrected chi connectivity index (χ1v) is 28.2. The summed E-state index contributed by atoms with van der Waals surface area (Å²) in [5.74, 6) is 0. The highest BCUT2D eigenvalue weighted by Crippen LogP contribution is 2.87. The fraction of sp³-hybridized carbons (Fsp3) is 0.111. The molecule has 1 aliphatic heterocycles. The van der Waals surface area contributed by atoms with E-state index in [9.17, 15) is 0 Å². The van der Waals surface area contributed by atoms with Crippen LogP contribution in [0.3, 0.4) is 0 Å². The third-order valence-electron chi connectivity index (χ3n) is 26.9. The zero-order chi connectivity index (χ0) is 44.3. The normalized spacial score (nSPS) is 24.0. The number of benzene rings is 19. The standard InChI is InChI=1S/C72H18N2/c73-9-5-4-8-11-71-66-58-50-40-30-22-14-12-13-16-20-18(14)26-34-28(20)38-32-24(16)25-17(13)21-19-15(12)23(22)31-37-27(19)35-29(21)39-33(25)43-42(32)52-46(38)56-48(34)54(44(50)36(26)30)60(66)62(56)68-64(52)65-53(43)47(39)57-49(35)55-45(37)51(41(31)40)59(58)67(71)61(55)63(57)69(65)72(68,71)70(74-11)10-6-2-1-3-7-10/h1-3,6-7,11,70,74H,4-5,8-9,73H2. The van der Waals surface area contributed by atoms with Crippen molar-refractivity contribution in [2.24, 2.45) is 5.73 Å². The van der Waals surface area contributed by atoms with E-state index >= 15 is 0 Å². The first kappa shape index (κ1) is 28.7. The van der Waals surface area contributed by atoms with Crippen molar-refractivity contribution < 1.29 is 0 Å². The van der Waals surface area contributed by atoms with Crippen LogP contribution in [0.25, 0.3) is 291 Å². The van der Waals surface area contributed by atoms with Crippen LogP contribution in [0.15, 0.2) is 30.3 Å². The van der Waals surface area contributed by atoms with Crippen molar-refractivity contribution in [1.82, 2.24) is 5.32 Å². The van der Waals surface area contributed by atoms with Crippen LogP contribution in [-0.4, -0.2) is 12.6 Å². The molecule has 2 nitrogen and oxygen atoms in total. The van der Waals surface area contributed by atoms with Crippen molar-refractivity contribution in [2.75, 3.05) is 6.54 Å². The van der Waals surface area contributed by atoms with Crippen LogP contribution in [0.5, 0.6) is 0 Å². The molecule has 2 spiro atoms. The van der Waals surface area contributed by atoms with Gasteiger partial charge in [0.25, 0.3) is 0 Å². The summed E-state index contributed by atoms with van der Waals surface area (Å²) in [6.07, 6.45) is 3.33. The van der Waals surface area contributed by atoms with Gasteiger partial charge in [-0.2, -0.15) is 0 Å². The zero-order valence-corrected chi connectivity index (χ0v) is 38.4. The van der Waals surface area contributed by atoms with E-state index in [-0.39, 0.29) is 22.9 Å². The van der Waals surface area contributed by atoms with E-state index in [1.807, 2.05) is 0 Å². The summed E-state index contributed by atoms with van der Waals surface area (Å²) in [5.41, 5.74) is 14.5. The summed E-state index contributed by atoms with van der Waals surface area (Å²) in [6, 6.07) is 12.4. The molecule has 29 aromatic carbocycles. The number of nitrogens with one attached hydrogen (secondary N) is 1. The van der Waals surface area contributed by atoms with Crippen molar-refractivity contribution >= 4 is 291 Å². The van der Waals surface area contributed by atoms with E-state index in [1.54, 1.807) is 313 Å². The van der Waals surface area contributed by atoms with Gasteiger partial charge in [0.05, 0.1) is 10.8 Å². The molecule has 1 saturated heterocycles.